The summed E-state index contributed by atoms with van der Waals surface area (Å²) in [6, 6.07) is 10.8. The number of rotatable bonds is 19. The molecule has 0 saturated heterocycles. The molecule has 0 aliphatic heterocycles. The van der Waals surface area contributed by atoms with Gasteiger partial charge in [0.05, 0.1) is 6.54 Å². The Hall–Kier alpha value is -0.340. The van der Waals surface area contributed by atoms with Crippen molar-refractivity contribution in [3.05, 3.63) is 35.9 Å². The Morgan fingerprint density at radius 2 is 0.963 bits per heavy atom. The highest BCUT2D eigenvalue weighted by molar-refractivity contribution is 5.12. The Morgan fingerprint density at radius 1 is 0.556 bits per heavy atom. The zero-order valence-electron chi connectivity index (χ0n) is 18.1. The van der Waals surface area contributed by atoms with Crippen LogP contribution < -0.4 is 22.3 Å². The van der Waals surface area contributed by atoms with Crippen molar-refractivity contribution >= 4 is 0 Å². The zero-order chi connectivity index (χ0) is 18.5. The third-order valence-electron chi connectivity index (χ3n) is 5.48. The van der Waals surface area contributed by atoms with Gasteiger partial charge in [-0.15, -0.1) is 0 Å². The lowest BCUT2D eigenvalue weighted by molar-refractivity contribution is -0.671. The fourth-order valence-electron chi connectivity index (χ4n) is 3.72. The van der Waals surface area contributed by atoms with E-state index in [0.29, 0.717) is 0 Å². The lowest BCUT2D eigenvalue weighted by atomic mass is 10.0. The Kier molecular flexibility index (Phi) is 21.7. The topological polar surface area (TPSA) is 16.6 Å². The minimum absolute atomic E-state index is 0. The SMILES string of the molecule is CCCCCCCCCCCCCCCCCC[NH2+]Cc1ccccc1.[Br-]. The Labute approximate surface area is 180 Å². The standard InChI is InChI=1S/C25H45N.BrH/c1-2-3-4-5-6-7-8-9-10-11-12-13-14-15-16-20-23-26-24-25-21-18-17-19-22-25;/h17-19,21-22,26H,2-16,20,23-24H2,1H3;1H. The second-order valence-corrected chi connectivity index (χ2v) is 8.07. The lowest BCUT2D eigenvalue weighted by Gasteiger charge is -2.04. The van der Waals surface area contributed by atoms with E-state index >= 15 is 0 Å². The minimum Gasteiger partial charge on any atom is -1.00 e. The Morgan fingerprint density at radius 3 is 1.41 bits per heavy atom. The molecule has 1 nitrogen and oxygen atoms in total. The first kappa shape index (κ1) is 26.7. The first-order valence-electron chi connectivity index (χ1n) is 11.8. The molecule has 0 aliphatic rings. The van der Waals surface area contributed by atoms with E-state index in [4.69, 9.17) is 0 Å². The highest BCUT2D eigenvalue weighted by Crippen LogP contribution is 2.13. The van der Waals surface area contributed by atoms with Gasteiger partial charge in [-0.3, -0.25) is 0 Å². The summed E-state index contributed by atoms with van der Waals surface area (Å²) >= 11 is 0. The van der Waals surface area contributed by atoms with Crippen LogP contribution in [0.3, 0.4) is 0 Å². The summed E-state index contributed by atoms with van der Waals surface area (Å²) in [4.78, 5) is 0. The number of hydrogen-bond acceptors (Lipinski definition) is 0. The number of unbranched alkanes of at least 4 members (excludes halogenated alkanes) is 15. The molecule has 1 aromatic carbocycles. The van der Waals surface area contributed by atoms with E-state index in [2.05, 4.69) is 42.6 Å². The number of quaternary nitrogens is 1. The Balaban J connectivity index is 0.00000676. The summed E-state index contributed by atoms with van der Waals surface area (Å²) in [6.45, 7) is 4.72. The molecule has 0 fully saturated rings. The van der Waals surface area contributed by atoms with Crippen LogP contribution >= 0.6 is 0 Å². The maximum atomic E-state index is 2.46. The highest BCUT2D eigenvalue weighted by Gasteiger charge is 1.96. The summed E-state index contributed by atoms with van der Waals surface area (Å²) in [5.41, 5.74) is 1.45. The second-order valence-electron chi connectivity index (χ2n) is 8.07. The number of halogens is 1. The van der Waals surface area contributed by atoms with Gasteiger partial charge in [0.1, 0.15) is 6.54 Å². The van der Waals surface area contributed by atoms with Gasteiger partial charge in [-0.1, -0.05) is 127 Å². The first-order chi connectivity index (χ1) is 12.9. The van der Waals surface area contributed by atoms with Crippen molar-refractivity contribution in [2.75, 3.05) is 6.54 Å². The molecule has 2 heteroatoms. The smallest absolute Gasteiger partial charge is 0.101 e. The van der Waals surface area contributed by atoms with Crippen molar-refractivity contribution in [2.24, 2.45) is 0 Å². The fourth-order valence-corrected chi connectivity index (χ4v) is 3.72. The predicted octanol–water partition coefficient (Wildman–Crippen LogP) is 4.02. The minimum atomic E-state index is 0. The van der Waals surface area contributed by atoms with Crippen LogP contribution in [0.25, 0.3) is 0 Å². The molecule has 0 aliphatic carbocycles. The van der Waals surface area contributed by atoms with E-state index in [1.165, 1.54) is 115 Å². The van der Waals surface area contributed by atoms with Crippen LogP contribution in [0.15, 0.2) is 30.3 Å². The monoisotopic (exact) mass is 439 g/mol. The summed E-state index contributed by atoms with van der Waals surface area (Å²) in [5.74, 6) is 0. The third kappa shape index (κ3) is 18.8. The van der Waals surface area contributed by atoms with Gasteiger partial charge in [0, 0.05) is 5.56 Å². The molecule has 0 spiro atoms. The molecule has 158 valence electrons. The fraction of sp³-hybridized carbons (Fsp3) is 0.760. The van der Waals surface area contributed by atoms with Crippen molar-refractivity contribution in [1.29, 1.82) is 0 Å². The molecule has 2 N–H and O–H groups in total. The van der Waals surface area contributed by atoms with Crippen LogP contribution in [-0.4, -0.2) is 6.54 Å². The third-order valence-corrected chi connectivity index (χ3v) is 5.48. The van der Waals surface area contributed by atoms with Gasteiger partial charge in [-0.05, 0) is 12.8 Å². The van der Waals surface area contributed by atoms with Crippen molar-refractivity contribution in [1.82, 2.24) is 0 Å². The zero-order valence-corrected chi connectivity index (χ0v) is 19.7. The van der Waals surface area contributed by atoms with Crippen LogP contribution in [0.2, 0.25) is 0 Å². The molecule has 0 amide bonds. The van der Waals surface area contributed by atoms with Gasteiger partial charge in [0.25, 0.3) is 0 Å². The van der Waals surface area contributed by atoms with Crippen LogP contribution in [0.5, 0.6) is 0 Å². The van der Waals surface area contributed by atoms with Gasteiger partial charge in [-0.2, -0.15) is 0 Å². The molecular weight excluding hydrogens is 394 g/mol. The summed E-state index contributed by atoms with van der Waals surface area (Å²) in [7, 11) is 0. The molecule has 0 atom stereocenters. The molecule has 0 aromatic heterocycles. The van der Waals surface area contributed by atoms with E-state index in [0.717, 1.165) is 6.54 Å². The van der Waals surface area contributed by atoms with Crippen molar-refractivity contribution in [3.8, 4) is 0 Å². The largest absolute Gasteiger partial charge is 1.00 e. The van der Waals surface area contributed by atoms with Crippen LogP contribution in [0.4, 0.5) is 0 Å². The second kappa shape index (κ2) is 22.0. The molecule has 0 bridgehead atoms. The first-order valence-corrected chi connectivity index (χ1v) is 11.8. The van der Waals surface area contributed by atoms with Crippen LogP contribution in [0, 0.1) is 0 Å². The van der Waals surface area contributed by atoms with E-state index < -0.39 is 0 Å². The molecule has 0 radical (unpaired) electrons. The molecular formula is C25H46BrN. The average Bonchev–Trinajstić information content (AvgIpc) is 2.68. The number of hydrogen-bond donors (Lipinski definition) is 1. The van der Waals surface area contributed by atoms with Gasteiger partial charge in [0.15, 0.2) is 0 Å². The van der Waals surface area contributed by atoms with E-state index in [9.17, 15) is 0 Å². The normalized spacial score (nSPS) is 10.7. The molecule has 0 unspecified atom stereocenters. The van der Waals surface area contributed by atoms with Crippen molar-refractivity contribution in [2.45, 2.75) is 116 Å². The highest BCUT2D eigenvalue weighted by atomic mass is 79.9. The van der Waals surface area contributed by atoms with E-state index in [-0.39, 0.29) is 17.0 Å². The molecule has 1 rings (SSSR count). The molecule has 27 heavy (non-hydrogen) atoms. The number of nitrogens with two attached hydrogens (primary N) is 1. The molecule has 1 aromatic rings. The van der Waals surface area contributed by atoms with Crippen LogP contribution in [-0.2, 0) is 6.54 Å². The maximum Gasteiger partial charge on any atom is 0.101 e. The summed E-state index contributed by atoms with van der Waals surface area (Å²) < 4.78 is 0. The number of benzene rings is 1. The lowest BCUT2D eigenvalue weighted by Crippen LogP contribution is -3.00. The van der Waals surface area contributed by atoms with Gasteiger partial charge in [0.2, 0.25) is 0 Å². The average molecular weight is 441 g/mol. The molecule has 0 heterocycles. The summed E-state index contributed by atoms with van der Waals surface area (Å²) in [6.07, 6.45) is 23.2. The van der Waals surface area contributed by atoms with Gasteiger partial charge < -0.3 is 22.3 Å². The van der Waals surface area contributed by atoms with Gasteiger partial charge >= 0.3 is 0 Å². The van der Waals surface area contributed by atoms with Crippen LogP contribution in [0.1, 0.15) is 115 Å². The van der Waals surface area contributed by atoms with Gasteiger partial charge in [-0.25, -0.2) is 0 Å². The Bertz CT molecular complexity index is 379. The van der Waals surface area contributed by atoms with Crippen molar-refractivity contribution in [3.63, 3.8) is 0 Å². The predicted molar refractivity (Wildman–Crippen MR) is 116 cm³/mol. The van der Waals surface area contributed by atoms with E-state index in [1.807, 2.05) is 0 Å². The molecule has 0 saturated carbocycles. The van der Waals surface area contributed by atoms with E-state index in [1.54, 1.807) is 0 Å². The quantitative estimate of drug-likeness (QED) is 0.313. The van der Waals surface area contributed by atoms with Crippen molar-refractivity contribution < 1.29 is 22.3 Å². The maximum absolute atomic E-state index is 2.46. The summed E-state index contributed by atoms with van der Waals surface area (Å²) in [5, 5.41) is 2.46.